The first-order valence-corrected chi connectivity index (χ1v) is 9.15. The molecule has 0 radical (unpaired) electrons. The minimum Gasteiger partial charge on any atom is -0.539 e. The molecule has 1 aromatic heterocycles. The van der Waals surface area contributed by atoms with Crippen molar-refractivity contribution in [2.75, 3.05) is 0 Å². The second-order valence-corrected chi connectivity index (χ2v) is 7.02. The SMILES string of the molecule is O=c1cc(OB(c2cccc(Cl)c2)c2cccc(Cl)c2)[nH]c2ccccc12. The number of benzene rings is 3. The Kier molecular flexibility index (Phi) is 4.93. The van der Waals surface area contributed by atoms with Gasteiger partial charge in [-0.2, -0.15) is 0 Å². The van der Waals surface area contributed by atoms with E-state index >= 15 is 0 Å². The van der Waals surface area contributed by atoms with Crippen molar-refractivity contribution >= 4 is 51.9 Å². The van der Waals surface area contributed by atoms with Crippen LogP contribution in [-0.2, 0) is 0 Å². The van der Waals surface area contributed by atoms with E-state index in [0.717, 1.165) is 16.4 Å². The number of nitrogens with one attached hydrogen (secondary N) is 1. The molecule has 1 heterocycles. The van der Waals surface area contributed by atoms with Gasteiger partial charge in [-0.3, -0.25) is 4.79 Å². The van der Waals surface area contributed by atoms with E-state index in [-0.39, 0.29) is 5.43 Å². The maximum absolute atomic E-state index is 12.4. The predicted octanol–water partition coefficient (Wildman–Crippen LogP) is 4.02. The third-order valence-electron chi connectivity index (χ3n) is 4.26. The highest BCUT2D eigenvalue weighted by molar-refractivity contribution is 6.80. The molecule has 0 aliphatic carbocycles. The number of pyridine rings is 1. The summed E-state index contributed by atoms with van der Waals surface area (Å²) in [6, 6.07) is 23.7. The van der Waals surface area contributed by atoms with Crippen LogP contribution in [0.15, 0.2) is 83.7 Å². The van der Waals surface area contributed by atoms with Crippen molar-refractivity contribution in [3.05, 3.63) is 99.1 Å². The molecule has 0 aliphatic heterocycles. The molecule has 0 unspecified atom stereocenters. The van der Waals surface area contributed by atoms with Crippen molar-refractivity contribution in [1.29, 1.82) is 0 Å². The molecule has 0 atom stereocenters. The number of aromatic amines is 1. The monoisotopic (exact) mass is 393 g/mol. The molecular weight excluding hydrogens is 380 g/mol. The molecule has 0 amide bonds. The van der Waals surface area contributed by atoms with Crippen molar-refractivity contribution in [3.8, 4) is 5.88 Å². The van der Waals surface area contributed by atoms with Gasteiger partial charge < -0.3 is 9.64 Å². The molecule has 0 aliphatic rings. The average Bonchev–Trinajstić information content (AvgIpc) is 2.66. The van der Waals surface area contributed by atoms with Crippen LogP contribution in [0.5, 0.6) is 5.88 Å². The van der Waals surface area contributed by atoms with E-state index in [4.69, 9.17) is 27.9 Å². The summed E-state index contributed by atoms with van der Waals surface area (Å²) in [5.41, 5.74) is 2.34. The summed E-state index contributed by atoms with van der Waals surface area (Å²) in [6.45, 7) is -0.473. The Hall–Kier alpha value is -2.69. The van der Waals surface area contributed by atoms with E-state index in [1.165, 1.54) is 6.07 Å². The van der Waals surface area contributed by atoms with Gasteiger partial charge in [0.05, 0.1) is 5.52 Å². The number of hydrogen-bond donors (Lipinski definition) is 1. The van der Waals surface area contributed by atoms with E-state index in [1.54, 1.807) is 18.2 Å². The van der Waals surface area contributed by atoms with Crippen LogP contribution in [0.25, 0.3) is 10.9 Å². The van der Waals surface area contributed by atoms with Gasteiger partial charge in [0, 0.05) is 21.5 Å². The Morgan fingerprint density at radius 2 is 1.41 bits per heavy atom. The number of aromatic nitrogens is 1. The van der Waals surface area contributed by atoms with Crippen LogP contribution in [0.2, 0.25) is 10.0 Å². The smallest absolute Gasteiger partial charge is 0.427 e. The molecule has 0 bridgehead atoms. The molecule has 0 fully saturated rings. The summed E-state index contributed by atoms with van der Waals surface area (Å²) >= 11 is 12.3. The van der Waals surface area contributed by atoms with Crippen LogP contribution >= 0.6 is 23.2 Å². The summed E-state index contributed by atoms with van der Waals surface area (Å²) in [7, 11) is 0. The predicted molar refractivity (Wildman–Crippen MR) is 113 cm³/mol. The first kappa shape index (κ1) is 17.7. The molecule has 0 saturated heterocycles. The van der Waals surface area contributed by atoms with E-state index < -0.39 is 6.92 Å². The molecule has 4 aromatic rings. The van der Waals surface area contributed by atoms with E-state index in [9.17, 15) is 4.79 Å². The molecule has 4 rings (SSSR count). The van der Waals surface area contributed by atoms with Gasteiger partial charge >= 0.3 is 6.92 Å². The lowest BCUT2D eigenvalue weighted by Gasteiger charge is -2.17. The molecule has 132 valence electrons. The Morgan fingerprint density at radius 1 is 0.778 bits per heavy atom. The molecule has 6 heteroatoms. The summed E-state index contributed by atoms with van der Waals surface area (Å²) in [4.78, 5) is 15.6. The van der Waals surface area contributed by atoms with E-state index in [1.807, 2.05) is 54.6 Å². The van der Waals surface area contributed by atoms with Crippen LogP contribution in [0.4, 0.5) is 0 Å². The highest BCUT2D eigenvalue weighted by Gasteiger charge is 2.25. The van der Waals surface area contributed by atoms with Crippen molar-refractivity contribution in [2.24, 2.45) is 0 Å². The highest BCUT2D eigenvalue weighted by atomic mass is 35.5. The number of hydrogen-bond acceptors (Lipinski definition) is 2. The molecule has 27 heavy (non-hydrogen) atoms. The summed E-state index contributed by atoms with van der Waals surface area (Å²) < 4.78 is 6.21. The number of para-hydroxylation sites is 1. The van der Waals surface area contributed by atoms with Crippen LogP contribution in [0, 0.1) is 0 Å². The van der Waals surface area contributed by atoms with Gasteiger partial charge in [0.25, 0.3) is 0 Å². The zero-order valence-electron chi connectivity index (χ0n) is 14.2. The molecule has 1 N–H and O–H groups in total. The molecule has 3 aromatic carbocycles. The van der Waals surface area contributed by atoms with Gasteiger partial charge in [-0.15, -0.1) is 0 Å². The maximum Gasteiger partial charge on any atom is 0.427 e. The Morgan fingerprint density at radius 3 is 2.04 bits per heavy atom. The zero-order chi connectivity index (χ0) is 18.8. The number of fused-ring (bicyclic) bond motifs is 1. The van der Waals surface area contributed by atoms with Crippen LogP contribution < -0.4 is 21.0 Å². The van der Waals surface area contributed by atoms with Gasteiger partial charge in [0.2, 0.25) is 0 Å². The zero-order valence-corrected chi connectivity index (χ0v) is 15.7. The molecule has 0 spiro atoms. The van der Waals surface area contributed by atoms with E-state index in [2.05, 4.69) is 4.98 Å². The first-order valence-electron chi connectivity index (χ1n) is 8.40. The average molecular weight is 394 g/mol. The lowest BCUT2D eigenvalue weighted by Crippen LogP contribution is -2.47. The summed E-state index contributed by atoms with van der Waals surface area (Å²) in [5.74, 6) is 0.378. The maximum atomic E-state index is 12.4. The highest BCUT2D eigenvalue weighted by Crippen LogP contribution is 2.14. The first-order chi connectivity index (χ1) is 13.1. The van der Waals surface area contributed by atoms with Crippen molar-refractivity contribution in [2.45, 2.75) is 0 Å². The summed E-state index contributed by atoms with van der Waals surface area (Å²) in [5, 5.41) is 1.83. The van der Waals surface area contributed by atoms with Gasteiger partial charge in [-0.05, 0) is 47.3 Å². The van der Waals surface area contributed by atoms with E-state index in [0.29, 0.717) is 21.3 Å². The van der Waals surface area contributed by atoms with Crippen LogP contribution in [-0.4, -0.2) is 11.9 Å². The Balaban J connectivity index is 1.81. The largest absolute Gasteiger partial charge is 0.539 e. The number of H-pyrrole nitrogens is 1. The van der Waals surface area contributed by atoms with Crippen molar-refractivity contribution in [3.63, 3.8) is 0 Å². The Labute approximate surface area is 166 Å². The molecular formula is C21H14BCl2NO2. The fraction of sp³-hybridized carbons (Fsp3) is 0. The third kappa shape index (κ3) is 3.87. The van der Waals surface area contributed by atoms with Crippen molar-refractivity contribution in [1.82, 2.24) is 4.98 Å². The standard InChI is InChI=1S/C21H14BCl2NO2/c23-16-7-3-5-14(11-16)22(15-6-4-8-17(24)12-15)27-21-13-20(26)18-9-1-2-10-19(18)25-21/h1-13H,(H,25,26). The Bertz CT molecular complexity index is 1130. The second kappa shape index (κ2) is 7.51. The van der Waals surface area contributed by atoms with Crippen LogP contribution in [0.3, 0.4) is 0 Å². The lowest BCUT2D eigenvalue weighted by atomic mass is 9.55. The fourth-order valence-electron chi connectivity index (χ4n) is 3.03. The lowest BCUT2D eigenvalue weighted by molar-refractivity contribution is 0.568. The van der Waals surface area contributed by atoms with Gasteiger partial charge in [0.15, 0.2) is 11.3 Å². The van der Waals surface area contributed by atoms with Gasteiger partial charge in [-0.1, -0.05) is 59.6 Å². The number of halogens is 2. The molecule has 0 saturated carbocycles. The van der Waals surface area contributed by atoms with Gasteiger partial charge in [-0.25, -0.2) is 0 Å². The summed E-state index contributed by atoms with van der Waals surface area (Å²) in [6.07, 6.45) is 0. The quantitative estimate of drug-likeness (QED) is 0.532. The number of rotatable bonds is 4. The molecule has 3 nitrogen and oxygen atoms in total. The minimum absolute atomic E-state index is 0.102. The fourth-order valence-corrected chi connectivity index (χ4v) is 3.43. The van der Waals surface area contributed by atoms with Crippen LogP contribution in [0.1, 0.15) is 0 Å². The minimum atomic E-state index is -0.473. The normalized spacial score (nSPS) is 10.7. The van der Waals surface area contributed by atoms with Gasteiger partial charge in [0.1, 0.15) is 0 Å². The second-order valence-electron chi connectivity index (χ2n) is 6.15. The van der Waals surface area contributed by atoms with Crippen molar-refractivity contribution < 1.29 is 4.65 Å². The third-order valence-corrected chi connectivity index (χ3v) is 4.73. The topological polar surface area (TPSA) is 42.1 Å².